The number of aliphatic imine (C=N–C) groups is 1. The summed E-state index contributed by atoms with van der Waals surface area (Å²) in [6.45, 7) is 17.7. The van der Waals surface area contributed by atoms with E-state index >= 15 is 0 Å². The van der Waals surface area contributed by atoms with Crippen molar-refractivity contribution in [3.05, 3.63) is 46.6 Å². The third-order valence-electron chi connectivity index (χ3n) is 14.0. The molecule has 0 aromatic heterocycles. The molecule has 3 spiro atoms. The second-order valence-corrected chi connectivity index (χ2v) is 17.7. The van der Waals surface area contributed by atoms with Crippen molar-refractivity contribution in [3.8, 4) is 0 Å². The van der Waals surface area contributed by atoms with Gasteiger partial charge in [-0.25, -0.2) is 4.79 Å². The summed E-state index contributed by atoms with van der Waals surface area (Å²) in [5.74, 6) is -2.02. The monoisotopic (exact) mass is 707 g/mol. The fraction of sp³-hybridized carbons (Fsp3) is 0.762. The Labute approximate surface area is 304 Å². The first kappa shape index (κ1) is 37.2. The molecule has 6 heterocycles. The fourth-order valence-electron chi connectivity index (χ4n) is 10.6. The molecule has 3 saturated heterocycles. The van der Waals surface area contributed by atoms with E-state index in [0.717, 1.165) is 56.2 Å². The van der Waals surface area contributed by atoms with Crippen LogP contribution in [0.25, 0.3) is 0 Å². The Morgan fingerprint density at radius 1 is 0.941 bits per heavy atom. The summed E-state index contributed by atoms with van der Waals surface area (Å²) in [5, 5.41) is 34.9. The molecule has 3 N–H and O–H groups in total. The molecule has 0 radical (unpaired) electrons. The lowest BCUT2D eigenvalue weighted by atomic mass is 9.56. The van der Waals surface area contributed by atoms with E-state index in [9.17, 15) is 20.1 Å². The minimum absolute atomic E-state index is 0.0143. The van der Waals surface area contributed by atoms with Crippen molar-refractivity contribution in [2.45, 2.75) is 173 Å². The van der Waals surface area contributed by atoms with Crippen molar-refractivity contribution in [1.82, 2.24) is 0 Å². The number of cyclic esters (lactones) is 1. The van der Waals surface area contributed by atoms with Gasteiger partial charge in [-0.05, 0) is 121 Å². The van der Waals surface area contributed by atoms with Crippen molar-refractivity contribution in [2.75, 3.05) is 6.54 Å². The summed E-state index contributed by atoms with van der Waals surface area (Å²) in [6, 6.07) is 0. The largest absolute Gasteiger partial charge is 0.450 e. The molecule has 6 aliphatic heterocycles. The fourth-order valence-corrected chi connectivity index (χ4v) is 10.6. The highest BCUT2D eigenvalue weighted by molar-refractivity contribution is 5.92. The van der Waals surface area contributed by atoms with Gasteiger partial charge in [0.1, 0.15) is 17.8 Å². The van der Waals surface area contributed by atoms with Gasteiger partial charge in [0.05, 0.1) is 18.3 Å². The number of fused-ring (bicyclic) bond motifs is 2. The van der Waals surface area contributed by atoms with Crippen LogP contribution < -0.4 is 0 Å². The number of esters is 1. The number of rotatable bonds is 1. The van der Waals surface area contributed by atoms with Gasteiger partial charge in [0.2, 0.25) is 5.79 Å². The smallest absolute Gasteiger partial charge is 0.334 e. The number of carbonyl (C=O) groups excluding carboxylic acids is 1. The maximum Gasteiger partial charge on any atom is 0.334 e. The molecule has 7 aliphatic rings. The molecule has 12 unspecified atom stereocenters. The molecule has 1 aliphatic carbocycles. The Balaban J connectivity index is 1.27. The average Bonchev–Trinajstić information content (AvgIpc) is 3.68. The van der Waals surface area contributed by atoms with Crippen LogP contribution in [0.1, 0.15) is 125 Å². The molecule has 282 valence electrons. The minimum atomic E-state index is -1.59. The number of aliphatic hydroxyl groups is 3. The first-order valence-corrected chi connectivity index (χ1v) is 19.7. The van der Waals surface area contributed by atoms with Crippen LogP contribution in [0.4, 0.5) is 0 Å². The predicted molar refractivity (Wildman–Crippen MR) is 195 cm³/mol. The highest BCUT2D eigenvalue weighted by Crippen LogP contribution is 2.56. The predicted octanol–water partition coefficient (Wildman–Crippen LogP) is 6.80. The van der Waals surface area contributed by atoms with Crippen LogP contribution in [-0.2, 0) is 23.7 Å². The Kier molecular flexibility index (Phi) is 9.93. The number of hydrogen-bond donors (Lipinski definition) is 3. The van der Waals surface area contributed by atoms with Gasteiger partial charge >= 0.3 is 5.97 Å². The van der Waals surface area contributed by atoms with Gasteiger partial charge in [-0.15, -0.1) is 0 Å². The molecule has 0 aromatic carbocycles. The SMILES string of the molecule is C=C1CCCC2=NCC(C)C(C)CC23CCC(C2C=C(C)C(=O)O2)=C(C)C3C=C(C)C(O)CC2CCC3(CC(O)C4(OC(CCC4(C)O)C1)O3)O2. The molecule has 4 bridgehead atoms. The molecule has 51 heavy (non-hydrogen) atoms. The van der Waals surface area contributed by atoms with Crippen molar-refractivity contribution in [1.29, 1.82) is 0 Å². The van der Waals surface area contributed by atoms with Crippen molar-refractivity contribution in [3.63, 3.8) is 0 Å². The lowest BCUT2D eigenvalue weighted by molar-refractivity contribution is -0.400. The van der Waals surface area contributed by atoms with Crippen molar-refractivity contribution < 1.29 is 39.1 Å². The summed E-state index contributed by atoms with van der Waals surface area (Å²) >= 11 is 0. The molecule has 12 atom stereocenters. The van der Waals surface area contributed by atoms with Crippen LogP contribution in [0.15, 0.2) is 51.6 Å². The number of nitrogens with zero attached hydrogens (tertiary/aromatic N) is 1. The van der Waals surface area contributed by atoms with Crippen LogP contribution in [0.2, 0.25) is 0 Å². The van der Waals surface area contributed by atoms with E-state index in [-0.39, 0.29) is 42.0 Å². The van der Waals surface area contributed by atoms with Crippen LogP contribution in [0.5, 0.6) is 0 Å². The van der Waals surface area contributed by atoms with Gasteiger partial charge in [0.25, 0.3) is 0 Å². The van der Waals surface area contributed by atoms with E-state index in [2.05, 4.69) is 33.4 Å². The van der Waals surface area contributed by atoms with Gasteiger partial charge in [0, 0.05) is 48.4 Å². The molecule has 7 rings (SSSR count). The van der Waals surface area contributed by atoms with Gasteiger partial charge < -0.3 is 34.3 Å². The van der Waals surface area contributed by atoms with Gasteiger partial charge in [-0.3, -0.25) is 4.99 Å². The van der Waals surface area contributed by atoms with Crippen LogP contribution in [0.3, 0.4) is 0 Å². The highest BCUT2D eigenvalue weighted by atomic mass is 16.8. The summed E-state index contributed by atoms with van der Waals surface area (Å²) < 4.78 is 25.7. The van der Waals surface area contributed by atoms with E-state index in [4.69, 9.17) is 23.9 Å². The number of allylic oxidation sites excluding steroid dienone is 2. The van der Waals surface area contributed by atoms with E-state index in [1.165, 1.54) is 16.9 Å². The van der Waals surface area contributed by atoms with E-state index in [1.807, 2.05) is 19.9 Å². The van der Waals surface area contributed by atoms with Crippen LogP contribution in [-0.4, -0.2) is 81.2 Å². The standard InChI is InChI=1S/C42H61NO8/c1-24-9-8-10-36-40(21-27(4)28(5)23-43-36)15-13-32(35-19-26(3)38(46)48-35)29(6)33(40)18-25(2)34(44)20-31-12-16-41(49-31)22-37(45)42(51-41)39(7,47)14-11-30(17-24)50-42/h18-19,27-28,30-31,33-35,37,44-45,47H,1,8-17,20-23H2,2-7H3. The maximum absolute atomic E-state index is 12.5. The van der Waals surface area contributed by atoms with Gasteiger partial charge in [-0.1, -0.05) is 37.6 Å². The quantitative estimate of drug-likeness (QED) is 0.201. The van der Waals surface area contributed by atoms with E-state index in [1.54, 1.807) is 6.92 Å². The zero-order valence-electron chi connectivity index (χ0n) is 31.7. The number of aliphatic hydroxyl groups excluding tert-OH is 2. The average molecular weight is 708 g/mol. The molecule has 0 amide bonds. The van der Waals surface area contributed by atoms with Crippen molar-refractivity contribution in [2.24, 2.45) is 28.2 Å². The molecule has 9 nitrogen and oxygen atoms in total. The Morgan fingerprint density at radius 2 is 1.71 bits per heavy atom. The normalized spacial score (nSPS) is 46.8. The molecule has 0 saturated carbocycles. The Morgan fingerprint density at radius 3 is 2.45 bits per heavy atom. The molecular weight excluding hydrogens is 646 g/mol. The maximum atomic E-state index is 12.5. The topological polar surface area (TPSA) is 127 Å². The number of hydrogen-bond acceptors (Lipinski definition) is 9. The van der Waals surface area contributed by atoms with Crippen LogP contribution >= 0.6 is 0 Å². The summed E-state index contributed by atoms with van der Waals surface area (Å²) in [6.07, 6.45) is 10.4. The number of carbonyl (C=O) groups is 1. The van der Waals surface area contributed by atoms with Gasteiger partial charge in [0.15, 0.2) is 5.79 Å². The summed E-state index contributed by atoms with van der Waals surface area (Å²) in [5.41, 5.74) is 4.67. The zero-order valence-corrected chi connectivity index (χ0v) is 31.7. The molecule has 9 heteroatoms. The summed E-state index contributed by atoms with van der Waals surface area (Å²) in [4.78, 5) is 17.9. The second-order valence-electron chi connectivity index (χ2n) is 17.7. The minimum Gasteiger partial charge on any atom is -0.450 e. The summed E-state index contributed by atoms with van der Waals surface area (Å²) in [7, 11) is 0. The Hall–Kier alpha value is -2.14. The zero-order chi connectivity index (χ0) is 36.5. The third kappa shape index (κ3) is 6.56. The van der Waals surface area contributed by atoms with E-state index in [0.29, 0.717) is 55.9 Å². The van der Waals surface area contributed by atoms with E-state index < -0.39 is 29.4 Å². The highest BCUT2D eigenvalue weighted by Gasteiger charge is 2.68. The third-order valence-corrected chi connectivity index (χ3v) is 14.0. The Bertz CT molecular complexity index is 1540. The van der Waals surface area contributed by atoms with Crippen LogP contribution in [0, 0.1) is 23.2 Å². The first-order chi connectivity index (χ1) is 24.1. The molecule has 3 fully saturated rings. The first-order valence-electron chi connectivity index (χ1n) is 19.7. The lowest BCUT2D eigenvalue weighted by Crippen LogP contribution is -2.64. The van der Waals surface area contributed by atoms with Crippen molar-refractivity contribution >= 4 is 11.7 Å². The molecule has 0 aromatic rings. The second kappa shape index (κ2) is 13.6. The van der Waals surface area contributed by atoms with Gasteiger partial charge in [-0.2, -0.15) is 0 Å². The lowest BCUT2D eigenvalue weighted by Gasteiger charge is -2.50. The molecular formula is C42H61NO8. The number of ether oxygens (including phenoxy) is 4.